The van der Waals surface area contributed by atoms with Gasteiger partial charge in [-0.3, -0.25) is 13.9 Å². The zero-order valence-electron chi connectivity index (χ0n) is 24.2. The van der Waals surface area contributed by atoms with Crippen LogP contribution in [0.15, 0.2) is 83.8 Å². The molecule has 220 valence electrons. The molecule has 10 heteroatoms. The largest absolute Gasteiger partial charge is 0.493 e. The third kappa shape index (κ3) is 8.00. The summed E-state index contributed by atoms with van der Waals surface area (Å²) in [6, 6.07) is 21.1. The Morgan fingerprint density at radius 2 is 1.49 bits per heavy atom. The molecule has 0 saturated carbocycles. The molecule has 0 aliphatic rings. The minimum atomic E-state index is -4.19. The van der Waals surface area contributed by atoms with Gasteiger partial charge in [0.05, 0.1) is 24.8 Å². The second-order valence-corrected chi connectivity index (χ2v) is 11.8. The van der Waals surface area contributed by atoms with Crippen molar-refractivity contribution in [2.45, 2.75) is 44.7 Å². The van der Waals surface area contributed by atoms with Gasteiger partial charge in [-0.05, 0) is 42.2 Å². The predicted molar refractivity (Wildman–Crippen MR) is 159 cm³/mol. The van der Waals surface area contributed by atoms with Crippen LogP contribution in [0.25, 0.3) is 0 Å². The van der Waals surface area contributed by atoms with E-state index in [1.165, 1.54) is 37.3 Å². The maximum atomic E-state index is 14.1. The molecule has 41 heavy (non-hydrogen) atoms. The lowest BCUT2D eigenvalue weighted by atomic mass is 10.1. The summed E-state index contributed by atoms with van der Waals surface area (Å²) in [5.74, 6) is 0.152. The molecule has 0 aromatic heterocycles. The summed E-state index contributed by atoms with van der Waals surface area (Å²) in [4.78, 5) is 28.9. The standard InChI is InChI=1S/C31H39N3O6S/c1-6-27(31(36)32-20-23(2)3)33(21-24-13-9-7-10-14-24)30(35)22-34(41(37,38)26-15-11-8-12-16-26)25-17-18-28(39-4)29(19-25)40-5/h7-19,23,27H,6,20-22H2,1-5H3,(H,32,36)/t27-/m0/s1. The van der Waals surface area contributed by atoms with E-state index in [1.54, 1.807) is 30.3 Å². The minimum Gasteiger partial charge on any atom is -0.493 e. The zero-order valence-corrected chi connectivity index (χ0v) is 25.1. The van der Waals surface area contributed by atoms with Gasteiger partial charge in [0.2, 0.25) is 11.8 Å². The number of sulfonamides is 1. The fourth-order valence-electron chi connectivity index (χ4n) is 4.35. The molecule has 0 fully saturated rings. The molecule has 1 atom stereocenters. The first-order valence-corrected chi connectivity index (χ1v) is 15.0. The second kappa shape index (κ2) is 14.5. The number of carbonyl (C=O) groups excluding carboxylic acids is 2. The summed E-state index contributed by atoms with van der Waals surface area (Å²) in [7, 11) is -1.25. The highest BCUT2D eigenvalue weighted by atomic mass is 32.2. The van der Waals surface area contributed by atoms with Crippen molar-refractivity contribution < 1.29 is 27.5 Å². The van der Waals surface area contributed by atoms with Crippen LogP contribution in [0.2, 0.25) is 0 Å². The van der Waals surface area contributed by atoms with Crippen LogP contribution in [0.1, 0.15) is 32.8 Å². The maximum Gasteiger partial charge on any atom is 0.264 e. The van der Waals surface area contributed by atoms with Crippen LogP contribution in [-0.4, -0.2) is 58.5 Å². The number of amides is 2. The Labute approximate surface area is 243 Å². The Morgan fingerprint density at radius 3 is 2.05 bits per heavy atom. The molecule has 0 heterocycles. The summed E-state index contributed by atoms with van der Waals surface area (Å²) in [6.07, 6.45) is 0.351. The molecule has 3 rings (SSSR count). The average molecular weight is 582 g/mol. The topological polar surface area (TPSA) is 105 Å². The quantitative estimate of drug-likeness (QED) is 0.301. The van der Waals surface area contributed by atoms with Gasteiger partial charge in [0.1, 0.15) is 12.6 Å². The molecule has 0 radical (unpaired) electrons. The Morgan fingerprint density at radius 1 is 0.878 bits per heavy atom. The van der Waals surface area contributed by atoms with Gasteiger partial charge in [-0.1, -0.05) is 69.3 Å². The third-order valence-electron chi connectivity index (χ3n) is 6.53. The van der Waals surface area contributed by atoms with E-state index in [2.05, 4.69) is 5.32 Å². The van der Waals surface area contributed by atoms with Gasteiger partial charge in [0.15, 0.2) is 11.5 Å². The molecule has 2 amide bonds. The first-order chi connectivity index (χ1) is 19.6. The van der Waals surface area contributed by atoms with Crippen LogP contribution in [0.3, 0.4) is 0 Å². The number of ether oxygens (including phenoxy) is 2. The highest BCUT2D eigenvalue weighted by Crippen LogP contribution is 2.34. The first-order valence-electron chi connectivity index (χ1n) is 13.5. The highest BCUT2D eigenvalue weighted by molar-refractivity contribution is 7.92. The minimum absolute atomic E-state index is 0.0268. The number of rotatable bonds is 14. The number of anilines is 1. The lowest BCUT2D eigenvalue weighted by Gasteiger charge is -2.33. The van der Waals surface area contributed by atoms with Crippen LogP contribution in [0, 0.1) is 5.92 Å². The number of nitrogens with one attached hydrogen (secondary N) is 1. The third-order valence-corrected chi connectivity index (χ3v) is 8.32. The molecular weight excluding hydrogens is 542 g/mol. The average Bonchev–Trinajstić information content (AvgIpc) is 2.99. The van der Waals surface area contributed by atoms with E-state index < -0.39 is 28.5 Å². The lowest BCUT2D eigenvalue weighted by molar-refractivity contribution is -0.140. The predicted octanol–water partition coefficient (Wildman–Crippen LogP) is 4.48. The van der Waals surface area contributed by atoms with Crippen LogP contribution in [0.5, 0.6) is 11.5 Å². The van der Waals surface area contributed by atoms with Crippen molar-refractivity contribution in [3.63, 3.8) is 0 Å². The smallest absolute Gasteiger partial charge is 0.264 e. The number of benzene rings is 3. The molecule has 0 saturated heterocycles. The van der Waals surface area contributed by atoms with Crippen molar-refractivity contribution in [3.05, 3.63) is 84.4 Å². The zero-order chi connectivity index (χ0) is 30.0. The molecule has 0 aliphatic carbocycles. The summed E-state index contributed by atoms with van der Waals surface area (Å²) in [5.41, 5.74) is 1.04. The van der Waals surface area contributed by atoms with E-state index in [0.29, 0.717) is 24.5 Å². The summed E-state index contributed by atoms with van der Waals surface area (Å²) in [5, 5.41) is 2.93. The van der Waals surface area contributed by atoms with Crippen molar-refractivity contribution in [2.24, 2.45) is 5.92 Å². The molecule has 0 spiro atoms. The molecule has 0 aliphatic heterocycles. The number of carbonyl (C=O) groups is 2. The van der Waals surface area contributed by atoms with Gasteiger partial charge in [-0.25, -0.2) is 8.42 Å². The van der Waals surface area contributed by atoms with E-state index in [0.717, 1.165) is 9.87 Å². The van der Waals surface area contributed by atoms with E-state index >= 15 is 0 Å². The van der Waals surface area contributed by atoms with Crippen LogP contribution in [-0.2, 0) is 26.2 Å². The van der Waals surface area contributed by atoms with Crippen molar-refractivity contribution >= 4 is 27.5 Å². The van der Waals surface area contributed by atoms with Gasteiger partial charge in [0, 0.05) is 19.2 Å². The molecule has 3 aromatic rings. The summed E-state index contributed by atoms with van der Waals surface area (Å²) in [6.45, 7) is 5.87. The lowest BCUT2D eigenvalue weighted by Crippen LogP contribution is -2.52. The molecule has 1 N–H and O–H groups in total. The van der Waals surface area contributed by atoms with Crippen LogP contribution < -0.4 is 19.1 Å². The number of hydrogen-bond acceptors (Lipinski definition) is 6. The molecule has 9 nitrogen and oxygen atoms in total. The van der Waals surface area contributed by atoms with Gasteiger partial charge in [-0.15, -0.1) is 0 Å². The van der Waals surface area contributed by atoms with E-state index in [1.807, 2.05) is 51.1 Å². The molecule has 0 bridgehead atoms. The first kappa shape index (κ1) is 31.5. The van der Waals surface area contributed by atoms with Crippen molar-refractivity contribution in [1.82, 2.24) is 10.2 Å². The van der Waals surface area contributed by atoms with Crippen LogP contribution >= 0.6 is 0 Å². The van der Waals surface area contributed by atoms with Gasteiger partial charge in [0.25, 0.3) is 10.0 Å². The van der Waals surface area contributed by atoms with Crippen molar-refractivity contribution in [3.8, 4) is 11.5 Å². The van der Waals surface area contributed by atoms with Gasteiger partial charge in [-0.2, -0.15) is 0 Å². The van der Waals surface area contributed by atoms with Crippen LogP contribution in [0.4, 0.5) is 5.69 Å². The fourth-order valence-corrected chi connectivity index (χ4v) is 5.78. The normalized spacial score (nSPS) is 12.0. The highest BCUT2D eigenvalue weighted by Gasteiger charge is 2.34. The number of methoxy groups -OCH3 is 2. The fraction of sp³-hybridized carbons (Fsp3) is 0.355. The monoisotopic (exact) mass is 581 g/mol. The summed E-state index contributed by atoms with van der Waals surface area (Å²) < 4.78 is 39.7. The number of hydrogen-bond donors (Lipinski definition) is 1. The Kier molecular flexibility index (Phi) is 11.2. The Bertz CT molecular complexity index is 1400. The summed E-state index contributed by atoms with van der Waals surface area (Å²) >= 11 is 0. The van der Waals surface area contributed by atoms with Gasteiger partial charge >= 0.3 is 0 Å². The SMILES string of the molecule is CC[C@@H](C(=O)NCC(C)C)N(Cc1ccccc1)C(=O)CN(c1ccc(OC)c(OC)c1)S(=O)(=O)c1ccccc1. The number of nitrogens with zero attached hydrogens (tertiary/aromatic N) is 2. The Hall–Kier alpha value is -4.05. The van der Waals surface area contributed by atoms with E-state index in [4.69, 9.17) is 9.47 Å². The van der Waals surface area contributed by atoms with E-state index in [-0.39, 0.29) is 29.0 Å². The van der Waals surface area contributed by atoms with Crippen molar-refractivity contribution in [2.75, 3.05) is 31.6 Å². The molecule has 0 unspecified atom stereocenters. The molecule has 3 aromatic carbocycles. The Balaban J connectivity index is 2.07. The maximum absolute atomic E-state index is 14.1. The molecular formula is C31H39N3O6S. The van der Waals surface area contributed by atoms with Gasteiger partial charge < -0.3 is 19.7 Å². The van der Waals surface area contributed by atoms with E-state index in [9.17, 15) is 18.0 Å². The second-order valence-electron chi connectivity index (χ2n) is 9.93. The van der Waals surface area contributed by atoms with Crippen molar-refractivity contribution in [1.29, 1.82) is 0 Å².